The molecule has 3 aliphatic heterocycles. The van der Waals surface area contributed by atoms with Crippen LogP contribution in [-0.2, 0) is 6.42 Å². The molecule has 0 aliphatic carbocycles. The zero-order valence-corrected chi connectivity index (χ0v) is 24.2. The van der Waals surface area contributed by atoms with Gasteiger partial charge >= 0.3 is 6.01 Å². The highest BCUT2D eigenvalue weighted by Crippen LogP contribution is 2.43. The quantitative estimate of drug-likeness (QED) is 0.306. The molecule has 11 heteroatoms. The summed E-state index contributed by atoms with van der Waals surface area (Å²) in [5, 5.41) is 21.6. The van der Waals surface area contributed by atoms with Crippen molar-refractivity contribution in [2.75, 3.05) is 44.3 Å². The van der Waals surface area contributed by atoms with Gasteiger partial charge in [-0.2, -0.15) is 9.97 Å². The lowest BCUT2D eigenvalue weighted by Gasteiger charge is -2.39. The second kappa shape index (κ2) is 10.5. The van der Waals surface area contributed by atoms with Crippen molar-refractivity contribution in [2.24, 2.45) is 5.92 Å². The molecule has 2 atom stereocenters. The number of ether oxygens (including phenoxy) is 1. The second-order valence-corrected chi connectivity index (χ2v) is 12.2. The summed E-state index contributed by atoms with van der Waals surface area (Å²) < 4.78 is 52.2. The Hall–Kier alpha value is -3.70. The average Bonchev–Trinajstić information content (AvgIpc) is 3.48. The van der Waals surface area contributed by atoms with Gasteiger partial charge in [0.25, 0.3) is 0 Å². The van der Waals surface area contributed by atoms with Gasteiger partial charge in [-0.25, -0.2) is 18.2 Å². The number of phenolic OH excluding ortho intramolecular Hbond substituents is 1. The Kier molecular flexibility index (Phi) is 6.85. The number of aromatic nitrogens is 3. The maximum Gasteiger partial charge on any atom is 0.319 e. The van der Waals surface area contributed by atoms with E-state index in [0.29, 0.717) is 65.7 Å². The van der Waals surface area contributed by atoms with Crippen LogP contribution in [0.25, 0.3) is 32.9 Å². The zero-order chi connectivity index (χ0) is 30.0. The molecule has 0 radical (unpaired) electrons. The van der Waals surface area contributed by atoms with E-state index >= 15 is 4.39 Å². The van der Waals surface area contributed by atoms with E-state index in [1.807, 2.05) is 11.8 Å². The highest BCUT2D eigenvalue weighted by molar-refractivity contribution is 6.02. The fourth-order valence-electron chi connectivity index (χ4n) is 7.32. The first kappa shape index (κ1) is 28.1. The number of aliphatic hydroxyl groups is 1. The molecule has 226 valence electrons. The van der Waals surface area contributed by atoms with Gasteiger partial charge in [0.2, 0.25) is 0 Å². The Morgan fingerprint density at radius 1 is 1.09 bits per heavy atom. The SMILES string of the molecule is CCc1c(F)ccc2cc(O)cc(-c3nc(C)c4c(N5CC(CO)C5)nc(OC[C@@]56CCCN5C[C@H](F)C6)nc4c3F)c12. The van der Waals surface area contributed by atoms with E-state index in [-0.39, 0.29) is 47.7 Å². The standard InChI is InChI=1S/C32H34F3N5O3/c1-3-22-24(34)6-5-19-9-21(42)10-23(26(19)22)28-27(35)29-25(17(2)36-28)30(39-12-18(13-39)15-41)38-31(37-29)43-16-32-7-4-8-40(32)14-20(33)11-32/h5-6,9-10,18,20,41-42H,3-4,7-8,11-16H2,1-2H3/t20-,32+/m1/s1. The van der Waals surface area contributed by atoms with E-state index in [9.17, 15) is 19.0 Å². The van der Waals surface area contributed by atoms with Crippen LogP contribution in [0.4, 0.5) is 19.0 Å². The number of pyridine rings is 1. The van der Waals surface area contributed by atoms with E-state index in [0.717, 1.165) is 19.4 Å². The molecular formula is C32H34F3N5O3. The Labute approximate surface area is 247 Å². The lowest BCUT2D eigenvalue weighted by atomic mass is 9.94. The van der Waals surface area contributed by atoms with Gasteiger partial charge in [-0.15, -0.1) is 0 Å². The van der Waals surface area contributed by atoms with Crippen LogP contribution in [0.1, 0.15) is 37.4 Å². The summed E-state index contributed by atoms with van der Waals surface area (Å²) in [4.78, 5) is 17.9. The van der Waals surface area contributed by atoms with Crippen molar-refractivity contribution in [2.45, 2.75) is 51.2 Å². The van der Waals surface area contributed by atoms with Gasteiger partial charge in [0.1, 0.15) is 41.4 Å². The molecule has 43 heavy (non-hydrogen) atoms. The Morgan fingerprint density at radius 2 is 1.91 bits per heavy atom. The number of anilines is 1. The van der Waals surface area contributed by atoms with E-state index in [1.54, 1.807) is 13.0 Å². The van der Waals surface area contributed by atoms with Crippen molar-refractivity contribution >= 4 is 27.5 Å². The first-order chi connectivity index (χ1) is 20.7. The Bertz CT molecular complexity index is 1750. The molecule has 3 saturated heterocycles. The summed E-state index contributed by atoms with van der Waals surface area (Å²) in [7, 11) is 0. The van der Waals surface area contributed by atoms with E-state index in [4.69, 9.17) is 9.72 Å². The zero-order valence-electron chi connectivity index (χ0n) is 24.2. The van der Waals surface area contributed by atoms with Crippen LogP contribution < -0.4 is 9.64 Å². The monoisotopic (exact) mass is 593 g/mol. The van der Waals surface area contributed by atoms with Gasteiger partial charge in [0.15, 0.2) is 5.82 Å². The third-order valence-electron chi connectivity index (χ3n) is 9.43. The Balaban J connectivity index is 1.39. The number of benzene rings is 2. The number of halogens is 3. The summed E-state index contributed by atoms with van der Waals surface area (Å²) in [6, 6.07) is 5.81. The van der Waals surface area contributed by atoms with Crippen molar-refractivity contribution in [1.82, 2.24) is 19.9 Å². The lowest BCUT2D eigenvalue weighted by Crippen LogP contribution is -2.49. The van der Waals surface area contributed by atoms with E-state index in [1.165, 1.54) is 18.2 Å². The van der Waals surface area contributed by atoms with E-state index in [2.05, 4.69) is 14.9 Å². The first-order valence-electron chi connectivity index (χ1n) is 14.9. The van der Waals surface area contributed by atoms with Crippen LogP contribution in [0.5, 0.6) is 11.8 Å². The molecule has 8 nitrogen and oxygen atoms in total. The number of phenols is 1. The smallest absolute Gasteiger partial charge is 0.319 e. The van der Waals surface area contributed by atoms with Gasteiger partial charge in [0.05, 0.1) is 16.6 Å². The van der Waals surface area contributed by atoms with Crippen molar-refractivity contribution in [3.8, 4) is 23.0 Å². The Morgan fingerprint density at radius 3 is 2.67 bits per heavy atom. The number of hydrogen-bond acceptors (Lipinski definition) is 8. The minimum atomic E-state index is -0.919. The minimum absolute atomic E-state index is 0.00328. The molecule has 4 aromatic rings. The van der Waals surface area contributed by atoms with Crippen molar-refractivity contribution in [3.63, 3.8) is 0 Å². The molecule has 3 aliphatic rings. The average molecular weight is 594 g/mol. The second-order valence-electron chi connectivity index (χ2n) is 12.2. The highest BCUT2D eigenvalue weighted by atomic mass is 19.1. The predicted octanol–water partition coefficient (Wildman–Crippen LogP) is 5.08. The van der Waals surface area contributed by atoms with Crippen LogP contribution in [0, 0.1) is 24.5 Å². The van der Waals surface area contributed by atoms with Crippen molar-refractivity contribution in [1.29, 1.82) is 0 Å². The number of alkyl halides is 1. The number of aryl methyl sites for hydroxylation is 2. The third-order valence-corrected chi connectivity index (χ3v) is 9.43. The van der Waals surface area contributed by atoms with Crippen LogP contribution in [0.2, 0.25) is 0 Å². The van der Waals surface area contributed by atoms with Gasteiger partial charge in [-0.1, -0.05) is 13.0 Å². The predicted molar refractivity (Wildman–Crippen MR) is 157 cm³/mol. The molecule has 0 unspecified atom stereocenters. The summed E-state index contributed by atoms with van der Waals surface area (Å²) in [5.41, 5.74) is 0.628. The van der Waals surface area contributed by atoms with Gasteiger partial charge in [-0.05, 0) is 67.3 Å². The number of nitrogens with zero attached hydrogens (tertiary/aromatic N) is 5. The van der Waals surface area contributed by atoms with Crippen molar-refractivity contribution in [3.05, 3.63) is 47.2 Å². The van der Waals surface area contributed by atoms with Crippen LogP contribution in [0.3, 0.4) is 0 Å². The van der Waals surface area contributed by atoms with Gasteiger partial charge in [0, 0.05) is 44.1 Å². The van der Waals surface area contributed by atoms with Gasteiger partial charge in [-0.3, -0.25) is 4.90 Å². The fourth-order valence-corrected chi connectivity index (χ4v) is 7.32. The molecule has 2 aromatic heterocycles. The van der Waals surface area contributed by atoms with Crippen molar-refractivity contribution < 1.29 is 28.1 Å². The topological polar surface area (TPSA) is 94.8 Å². The van der Waals surface area contributed by atoms with Crippen LogP contribution in [-0.4, -0.2) is 81.2 Å². The number of rotatable bonds is 7. The number of fused-ring (bicyclic) bond motifs is 3. The highest BCUT2D eigenvalue weighted by Gasteiger charge is 2.49. The fraction of sp³-hybridized carbons (Fsp3) is 0.469. The van der Waals surface area contributed by atoms with E-state index < -0.39 is 23.3 Å². The summed E-state index contributed by atoms with van der Waals surface area (Å²) in [5.74, 6) is -0.729. The molecule has 2 aromatic carbocycles. The molecule has 0 amide bonds. The molecule has 2 N–H and O–H groups in total. The summed E-state index contributed by atoms with van der Waals surface area (Å²) >= 11 is 0. The molecule has 3 fully saturated rings. The normalized spacial score (nSPS) is 22.5. The van der Waals surface area contributed by atoms with Crippen LogP contribution >= 0.6 is 0 Å². The summed E-state index contributed by atoms with van der Waals surface area (Å²) in [6.07, 6.45) is 1.58. The first-order valence-corrected chi connectivity index (χ1v) is 14.9. The molecule has 7 rings (SSSR count). The lowest BCUT2D eigenvalue weighted by molar-refractivity contribution is 0.107. The molecule has 0 spiro atoms. The maximum atomic E-state index is 16.7. The number of aliphatic hydroxyl groups excluding tert-OH is 1. The minimum Gasteiger partial charge on any atom is -0.508 e. The molecular weight excluding hydrogens is 559 g/mol. The number of aromatic hydroxyl groups is 1. The van der Waals surface area contributed by atoms with Gasteiger partial charge < -0.3 is 19.8 Å². The summed E-state index contributed by atoms with van der Waals surface area (Å²) in [6.45, 7) is 6.03. The largest absolute Gasteiger partial charge is 0.508 e. The van der Waals surface area contributed by atoms with Crippen LogP contribution in [0.15, 0.2) is 24.3 Å². The molecule has 0 saturated carbocycles. The number of hydrogen-bond donors (Lipinski definition) is 2. The molecule has 5 heterocycles. The maximum absolute atomic E-state index is 16.7. The third kappa shape index (κ3) is 4.55. The molecule has 0 bridgehead atoms.